The largest absolute Gasteiger partial charge is 0.489 e. The lowest BCUT2D eigenvalue weighted by atomic mass is 10.1. The predicted octanol–water partition coefficient (Wildman–Crippen LogP) is 4.10. The highest BCUT2D eigenvalue weighted by Crippen LogP contribution is 2.24. The van der Waals surface area contributed by atoms with E-state index in [2.05, 4.69) is 64.6 Å². The maximum absolute atomic E-state index is 5.79. The molecule has 0 fully saturated rings. The first-order valence-electron chi connectivity index (χ1n) is 6.36. The highest BCUT2D eigenvalue weighted by molar-refractivity contribution is 9.10. The number of benzene rings is 2. The summed E-state index contributed by atoms with van der Waals surface area (Å²) < 4.78 is 6.89. The van der Waals surface area contributed by atoms with Gasteiger partial charge in [-0.3, -0.25) is 0 Å². The van der Waals surface area contributed by atoms with Gasteiger partial charge in [0, 0.05) is 11.0 Å². The van der Waals surface area contributed by atoms with Gasteiger partial charge in [-0.2, -0.15) is 0 Å². The molecular weight excluding hydrogens is 302 g/mol. The summed E-state index contributed by atoms with van der Waals surface area (Å²) in [5.41, 5.74) is 2.40. The highest BCUT2D eigenvalue weighted by atomic mass is 79.9. The summed E-state index contributed by atoms with van der Waals surface area (Å²) in [4.78, 5) is 0. The van der Waals surface area contributed by atoms with Crippen LogP contribution in [0.3, 0.4) is 0 Å². The van der Waals surface area contributed by atoms with E-state index < -0.39 is 0 Å². The van der Waals surface area contributed by atoms with Gasteiger partial charge >= 0.3 is 0 Å². The molecule has 1 N–H and O–H groups in total. The number of nitrogens with one attached hydrogen (secondary N) is 1. The molecule has 2 rings (SSSR count). The molecule has 0 aliphatic heterocycles. The van der Waals surface area contributed by atoms with E-state index in [9.17, 15) is 0 Å². The minimum absolute atomic E-state index is 0.170. The van der Waals surface area contributed by atoms with Crippen LogP contribution in [0.1, 0.15) is 6.92 Å². The van der Waals surface area contributed by atoms with Gasteiger partial charge in [0.15, 0.2) is 0 Å². The number of hydrogen-bond donors (Lipinski definition) is 1. The van der Waals surface area contributed by atoms with Gasteiger partial charge in [-0.1, -0.05) is 40.2 Å². The Morgan fingerprint density at radius 1 is 1.00 bits per heavy atom. The van der Waals surface area contributed by atoms with Crippen LogP contribution in [-0.2, 0) is 0 Å². The van der Waals surface area contributed by atoms with E-state index in [0.29, 0.717) is 0 Å². The molecular formula is C16H18BrNO. The molecule has 0 amide bonds. The Morgan fingerprint density at radius 2 is 1.53 bits per heavy atom. The van der Waals surface area contributed by atoms with E-state index in [1.54, 1.807) is 0 Å². The third-order valence-electron chi connectivity index (χ3n) is 2.86. The first-order chi connectivity index (χ1) is 9.19. The summed E-state index contributed by atoms with van der Waals surface area (Å²) in [6.45, 7) is 2.90. The lowest BCUT2D eigenvalue weighted by molar-refractivity contribution is 0.220. The lowest BCUT2D eigenvalue weighted by Gasteiger charge is -2.14. The van der Waals surface area contributed by atoms with E-state index in [1.165, 1.54) is 11.1 Å². The Bertz CT molecular complexity index is 507. The number of ether oxygens (including phenoxy) is 1. The average Bonchev–Trinajstić information content (AvgIpc) is 2.41. The molecule has 19 heavy (non-hydrogen) atoms. The smallest absolute Gasteiger partial charge is 0.119 e. The van der Waals surface area contributed by atoms with Crippen LogP contribution in [0, 0.1) is 0 Å². The van der Waals surface area contributed by atoms with Crippen LogP contribution < -0.4 is 10.1 Å². The molecule has 2 aromatic carbocycles. The van der Waals surface area contributed by atoms with E-state index in [0.717, 1.165) is 16.8 Å². The van der Waals surface area contributed by atoms with Crippen molar-refractivity contribution >= 4 is 15.9 Å². The topological polar surface area (TPSA) is 21.3 Å². The average molecular weight is 320 g/mol. The molecule has 0 radical (unpaired) electrons. The summed E-state index contributed by atoms with van der Waals surface area (Å²) >= 11 is 3.45. The predicted molar refractivity (Wildman–Crippen MR) is 83.6 cm³/mol. The summed E-state index contributed by atoms with van der Waals surface area (Å²) in [7, 11) is 1.93. The van der Waals surface area contributed by atoms with Gasteiger partial charge in [0.25, 0.3) is 0 Å². The Morgan fingerprint density at radius 3 is 2.05 bits per heavy atom. The van der Waals surface area contributed by atoms with Gasteiger partial charge in [0.05, 0.1) is 0 Å². The molecule has 0 aliphatic rings. The number of likely N-dealkylation sites (N-methyl/N-ethyl adjacent to an activating group) is 1. The van der Waals surface area contributed by atoms with Gasteiger partial charge < -0.3 is 10.1 Å². The van der Waals surface area contributed by atoms with Crippen LogP contribution in [-0.4, -0.2) is 19.7 Å². The van der Waals surface area contributed by atoms with Crippen molar-refractivity contribution in [2.24, 2.45) is 0 Å². The monoisotopic (exact) mass is 319 g/mol. The molecule has 0 spiro atoms. The Hall–Kier alpha value is -1.32. The van der Waals surface area contributed by atoms with Crippen LogP contribution in [0.25, 0.3) is 11.1 Å². The summed E-state index contributed by atoms with van der Waals surface area (Å²) in [6, 6.07) is 16.5. The van der Waals surface area contributed by atoms with Crippen LogP contribution in [0.4, 0.5) is 0 Å². The minimum Gasteiger partial charge on any atom is -0.489 e. The number of hydrogen-bond acceptors (Lipinski definition) is 2. The summed E-state index contributed by atoms with van der Waals surface area (Å²) in [6.07, 6.45) is 0.170. The van der Waals surface area contributed by atoms with E-state index in [-0.39, 0.29) is 6.10 Å². The maximum atomic E-state index is 5.79. The number of halogens is 1. The molecule has 3 heteroatoms. The second kappa shape index (κ2) is 6.73. The van der Waals surface area contributed by atoms with E-state index in [1.807, 2.05) is 19.2 Å². The molecule has 0 bridgehead atoms. The quantitative estimate of drug-likeness (QED) is 0.895. The molecule has 0 saturated heterocycles. The van der Waals surface area contributed by atoms with E-state index >= 15 is 0 Å². The van der Waals surface area contributed by atoms with Gasteiger partial charge in [-0.15, -0.1) is 0 Å². The second-order valence-electron chi connectivity index (χ2n) is 4.52. The van der Waals surface area contributed by atoms with Gasteiger partial charge in [0.1, 0.15) is 11.9 Å². The Kier molecular flexibility index (Phi) is 5.00. The third-order valence-corrected chi connectivity index (χ3v) is 3.39. The molecule has 0 saturated carbocycles. The van der Waals surface area contributed by atoms with Gasteiger partial charge in [0.2, 0.25) is 0 Å². The molecule has 0 aromatic heterocycles. The molecule has 2 nitrogen and oxygen atoms in total. The van der Waals surface area contributed by atoms with Crippen molar-refractivity contribution in [2.75, 3.05) is 13.6 Å². The first-order valence-corrected chi connectivity index (χ1v) is 7.15. The van der Waals surface area contributed by atoms with Crippen LogP contribution in [0.15, 0.2) is 53.0 Å². The highest BCUT2D eigenvalue weighted by Gasteiger charge is 2.03. The third kappa shape index (κ3) is 4.08. The van der Waals surface area contributed by atoms with Crippen molar-refractivity contribution < 1.29 is 4.74 Å². The second-order valence-corrected chi connectivity index (χ2v) is 5.43. The van der Waals surface area contributed by atoms with Crippen molar-refractivity contribution in [3.63, 3.8) is 0 Å². The Balaban J connectivity index is 2.08. The summed E-state index contributed by atoms with van der Waals surface area (Å²) in [5, 5.41) is 3.10. The zero-order valence-electron chi connectivity index (χ0n) is 11.2. The Labute approximate surface area is 122 Å². The summed E-state index contributed by atoms with van der Waals surface area (Å²) in [5.74, 6) is 0.906. The maximum Gasteiger partial charge on any atom is 0.119 e. The molecule has 100 valence electrons. The van der Waals surface area contributed by atoms with Crippen LogP contribution in [0.5, 0.6) is 5.75 Å². The number of rotatable bonds is 5. The van der Waals surface area contributed by atoms with Gasteiger partial charge in [-0.25, -0.2) is 0 Å². The first kappa shape index (κ1) is 14.1. The molecule has 1 unspecified atom stereocenters. The zero-order valence-corrected chi connectivity index (χ0v) is 12.8. The fourth-order valence-corrected chi connectivity index (χ4v) is 2.19. The zero-order chi connectivity index (χ0) is 13.7. The fourth-order valence-electron chi connectivity index (χ4n) is 1.93. The van der Waals surface area contributed by atoms with Crippen molar-refractivity contribution in [1.82, 2.24) is 5.32 Å². The van der Waals surface area contributed by atoms with Crippen molar-refractivity contribution in [1.29, 1.82) is 0 Å². The minimum atomic E-state index is 0.170. The van der Waals surface area contributed by atoms with E-state index in [4.69, 9.17) is 4.74 Å². The van der Waals surface area contributed by atoms with Crippen molar-refractivity contribution in [3.05, 3.63) is 53.0 Å². The standard InChI is InChI=1S/C16H18BrNO/c1-12(11-18-2)19-16-9-5-14(6-10-16)13-3-7-15(17)8-4-13/h3-10,12,18H,11H2,1-2H3. The van der Waals surface area contributed by atoms with Crippen molar-refractivity contribution in [2.45, 2.75) is 13.0 Å². The van der Waals surface area contributed by atoms with Crippen LogP contribution in [0.2, 0.25) is 0 Å². The SMILES string of the molecule is CNCC(C)Oc1ccc(-c2ccc(Br)cc2)cc1. The molecule has 0 heterocycles. The van der Waals surface area contributed by atoms with Crippen molar-refractivity contribution in [3.8, 4) is 16.9 Å². The fraction of sp³-hybridized carbons (Fsp3) is 0.250. The molecule has 2 aromatic rings. The lowest BCUT2D eigenvalue weighted by Crippen LogP contribution is -2.25. The molecule has 0 aliphatic carbocycles. The van der Waals surface area contributed by atoms with Crippen LogP contribution >= 0.6 is 15.9 Å². The normalized spacial score (nSPS) is 12.2. The molecule has 1 atom stereocenters. The van der Waals surface area contributed by atoms with Gasteiger partial charge in [-0.05, 0) is 49.4 Å².